The van der Waals surface area contributed by atoms with Crippen molar-refractivity contribution in [3.05, 3.63) is 47.9 Å². The van der Waals surface area contributed by atoms with Crippen molar-refractivity contribution >= 4 is 28.2 Å². The Kier molecular flexibility index (Phi) is 6.10. The second-order valence-corrected chi connectivity index (χ2v) is 11.0. The maximum atomic E-state index is 13.2. The number of aromatic nitrogens is 3. The Morgan fingerprint density at radius 1 is 1.24 bits per heavy atom. The number of carbonyl (C=O) groups is 1. The van der Waals surface area contributed by atoms with Crippen LogP contribution in [0.2, 0.25) is 0 Å². The standard InChI is InChI=1S/C27H30F3N5O3/c1-26-11-19(38-15-26)13-34(26)23-10-21-17(12-35(33-21)18-7-5-16(14-36)6-8-18)9-22(23)32-25(37)20-3-2-4-24(31-20)27(28,29)30/h2-4,9-10,12,16,18-19,36H,5-8,11,13-15H2,1H3,(H,32,37)/t16?,18?,19-,26-/m1/s1. The van der Waals surface area contributed by atoms with Crippen molar-refractivity contribution in [3.63, 3.8) is 0 Å². The number of hydrogen-bond donors (Lipinski definition) is 2. The summed E-state index contributed by atoms with van der Waals surface area (Å²) in [4.78, 5) is 18.9. The van der Waals surface area contributed by atoms with Crippen LogP contribution in [0.4, 0.5) is 24.5 Å². The Bertz CT molecular complexity index is 1370. The lowest BCUT2D eigenvalue weighted by molar-refractivity contribution is -0.141. The highest BCUT2D eigenvalue weighted by Gasteiger charge is 2.49. The molecule has 8 nitrogen and oxygen atoms in total. The fourth-order valence-corrected chi connectivity index (χ4v) is 6.11. The number of hydrogen-bond acceptors (Lipinski definition) is 6. The number of aliphatic hydroxyl groups is 1. The maximum Gasteiger partial charge on any atom is 0.433 e. The molecule has 0 radical (unpaired) electrons. The van der Waals surface area contributed by atoms with Gasteiger partial charge in [-0.15, -0.1) is 0 Å². The van der Waals surface area contributed by atoms with Crippen LogP contribution in [0.25, 0.3) is 10.9 Å². The number of amides is 1. The fraction of sp³-hybridized carbons (Fsp3) is 0.519. The number of ether oxygens (including phenoxy) is 1. The molecule has 38 heavy (non-hydrogen) atoms. The van der Waals surface area contributed by atoms with Crippen LogP contribution in [-0.4, -0.2) is 57.2 Å². The Hall–Kier alpha value is -3.18. The predicted octanol–water partition coefficient (Wildman–Crippen LogP) is 4.79. The summed E-state index contributed by atoms with van der Waals surface area (Å²) in [7, 11) is 0. The van der Waals surface area contributed by atoms with Crippen LogP contribution in [-0.2, 0) is 10.9 Å². The Labute approximate surface area is 217 Å². The molecule has 4 heterocycles. The molecule has 0 unspecified atom stereocenters. The monoisotopic (exact) mass is 529 g/mol. The van der Waals surface area contributed by atoms with Crippen molar-refractivity contribution in [1.29, 1.82) is 0 Å². The summed E-state index contributed by atoms with van der Waals surface area (Å²) in [5.41, 5.74) is 0.378. The summed E-state index contributed by atoms with van der Waals surface area (Å²) in [6, 6.07) is 7.33. The van der Waals surface area contributed by atoms with E-state index in [1.54, 1.807) is 0 Å². The minimum atomic E-state index is -4.64. The zero-order chi connectivity index (χ0) is 26.7. The van der Waals surface area contributed by atoms with Crippen LogP contribution < -0.4 is 10.2 Å². The molecular weight excluding hydrogens is 499 g/mol. The van der Waals surface area contributed by atoms with Crippen molar-refractivity contribution in [2.24, 2.45) is 5.92 Å². The first-order valence-corrected chi connectivity index (χ1v) is 13.0. The van der Waals surface area contributed by atoms with E-state index in [4.69, 9.17) is 9.84 Å². The predicted molar refractivity (Wildman–Crippen MR) is 135 cm³/mol. The van der Waals surface area contributed by atoms with Gasteiger partial charge in [-0.1, -0.05) is 6.07 Å². The van der Waals surface area contributed by atoms with Gasteiger partial charge in [-0.05, 0) is 62.8 Å². The molecule has 11 heteroatoms. The van der Waals surface area contributed by atoms with Gasteiger partial charge >= 0.3 is 6.18 Å². The Balaban J connectivity index is 1.35. The van der Waals surface area contributed by atoms with Crippen LogP contribution in [0.15, 0.2) is 36.5 Å². The van der Waals surface area contributed by atoms with E-state index >= 15 is 0 Å². The van der Waals surface area contributed by atoms with Gasteiger partial charge in [-0.3, -0.25) is 9.48 Å². The molecule has 2 bridgehead atoms. The number of rotatable bonds is 5. The third-order valence-electron chi connectivity index (χ3n) is 8.23. The van der Waals surface area contributed by atoms with Gasteiger partial charge in [0.15, 0.2) is 0 Å². The van der Waals surface area contributed by atoms with E-state index in [0.717, 1.165) is 54.8 Å². The largest absolute Gasteiger partial charge is 0.433 e. The van der Waals surface area contributed by atoms with Crippen LogP contribution in [0.5, 0.6) is 0 Å². The third kappa shape index (κ3) is 4.51. The van der Waals surface area contributed by atoms with Crippen molar-refractivity contribution in [2.75, 3.05) is 30.0 Å². The number of anilines is 2. The summed E-state index contributed by atoms with van der Waals surface area (Å²) in [6.45, 7) is 3.53. The third-order valence-corrected chi connectivity index (χ3v) is 8.23. The fourth-order valence-electron chi connectivity index (χ4n) is 6.11. The SMILES string of the molecule is C[C@@]12CO[C@@H](CN1c1cc3nn(C4CCC(CO)CC4)cc3cc1NC(=O)c1cccc(C(F)(F)F)n1)C2. The van der Waals surface area contributed by atoms with Crippen molar-refractivity contribution in [3.8, 4) is 0 Å². The van der Waals surface area contributed by atoms with Gasteiger partial charge in [0.25, 0.3) is 5.91 Å². The molecule has 1 aromatic carbocycles. The van der Waals surface area contributed by atoms with E-state index in [1.165, 1.54) is 12.1 Å². The van der Waals surface area contributed by atoms with Crippen LogP contribution >= 0.6 is 0 Å². The molecule has 6 rings (SSSR count). The molecule has 1 amide bonds. The number of nitrogens with zero attached hydrogens (tertiary/aromatic N) is 4. The smallest absolute Gasteiger partial charge is 0.396 e. The number of morpholine rings is 1. The molecule has 2 aromatic heterocycles. The number of carbonyl (C=O) groups excluding carboxylic acids is 1. The highest BCUT2D eigenvalue weighted by molar-refractivity contribution is 6.06. The van der Waals surface area contributed by atoms with E-state index in [2.05, 4.69) is 22.1 Å². The van der Waals surface area contributed by atoms with Gasteiger partial charge in [0.05, 0.1) is 41.2 Å². The lowest BCUT2D eigenvalue weighted by Gasteiger charge is -2.38. The zero-order valence-corrected chi connectivity index (χ0v) is 21.0. The van der Waals surface area contributed by atoms with Gasteiger partial charge in [0.2, 0.25) is 0 Å². The lowest BCUT2D eigenvalue weighted by atomic mass is 9.87. The van der Waals surface area contributed by atoms with E-state index in [-0.39, 0.29) is 30.0 Å². The van der Waals surface area contributed by atoms with Crippen LogP contribution in [0.1, 0.15) is 61.3 Å². The minimum Gasteiger partial charge on any atom is -0.396 e. The molecule has 3 aromatic rings. The van der Waals surface area contributed by atoms with Gasteiger partial charge in [0.1, 0.15) is 11.4 Å². The van der Waals surface area contributed by atoms with Gasteiger partial charge < -0.3 is 20.1 Å². The summed E-state index contributed by atoms with van der Waals surface area (Å²) < 4.78 is 47.4. The highest BCUT2D eigenvalue weighted by atomic mass is 19.4. The van der Waals surface area contributed by atoms with Gasteiger partial charge in [-0.2, -0.15) is 18.3 Å². The quantitative estimate of drug-likeness (QED) is 0.494. The molecule has 2 atom stereocenters. The number of aliphatic hydroxyl groups excluding tert-OH is 1. The number of nitrogens with one attached hydrogen (secondary N) is 1. The minimum absolute atomic E-state index is 0.0867. The highest BCUT2D eigenvalue weighted by Crippen LogP contribution is 2.45. The summed E-state index contributed by atoms with van der Waals surface area (Å²) >= 11 is 0. The van der Waals surface area contributed by atoms with Crippen LogP contribution in [0.3, 0.4) is 0 Å². The van der Waals surface area contributed by atoms with E-state index in [0.29, 0.717) is 24.8 Å². The lowest BCUT2D eigenvalue weighted by Crippen LogP contribution is -2.46. The first kappa shape index (κ1) is 25.1. The average Bonchev–Trinajstić information content (AvgIpc) is 3.59. The Morgan fingerprint density at radius 2 is 2.03 bits per heavy atom. The summed E-state index contributed by atoms with van der Waals surface area (Å²) in [6.07, 6.45) is 2.01. The van der Waals surface area contributed by atoms with E-state index in [1.807, 2.05) is 23.0 Å². The van der Waals surface area contributed by atoms with Gasteiger partial charge in [0, 0.05) is 31.2 Å². The van der Waals surface area contributed by atoms with E-state index < -0.39 is 17.8 Å². The number of fused-ring (bicyclic) bond motifs is 3. The molecule has 1 aliphatic carbocycles. The van der Waals surface area contributed by atoms with Crippen LogP contribution in [0, 0.1) is 5.92 Å². The second-order valence-electron chi connectivity index (χ2n) is 11.0. The zero-order valence-electron chi connectivity index (χ0n) is 21.0. The number of halogens is 3. The maximum absolute atomic E-state index is 13.2. The number of alkyl halides is 3. The molecule has 1 saturated carbocycles. The summed E-state index contributed by atoms with van der Waals surface area (Å²) in [5.74, 6) is -0.375. The van der Waals surface area contributed by atoms with Gasteiger partial charge in [-0.25, -0.2) is 4.98 Å². The number of benzene rings is 1. The molecule has 0 spiro atoms. The van der Waals surface area contributed by atoms with Crippen molar-refractivity contribution in [1.82, 2.24) is 14.8 Å². The topological polar surface area (TPSA) is 92.5 Å². The first-order chi connectivity index (χ1) is 18.1. The molecule has 202 valence electrons. The normalized spacial score (nSPS) is 27.3. The molecule has 2 aliphatic heterocycles. The average molecular weight is 530 g/mol. The van der Waals surface area contributed by atoms with Crippen molar-refractivity contribution in [2.45, 2.75) is 62.9 Å². The van der Waals surface area contributed by atoms with Crippen molar-refractivity contribution < 1.29 is 27.8 Å². The van der Waals surface area contributed by atoms with E-state index in [9.17, 15) is 23.1 Å². The first-order valence-electron chi connectivity index (χ1n) is 13.0. The summed E-state index contributed by atoms with van der Waals surface area (Å²) in [5, 5.41) is 18.0. The Morgan fingerprint density at radius 3 is 2.68 bits per heavy atom. The molecular formula is C27H30F3N5O3. The molecule has 2 saturated heterocycles. The molecule has 2 N–H and O–H groups in total. The molecule has 3 aliphatic rings. The molecule has 3 fully saturated rings. The number of pyridine rings is 1. The second kappa shape index (κ2) is 9.23.